The van der Waals surface area contributed by atoms with Gasteiger partial charge < -0.3 is 35.2 Å². The van der Waals surface area contributed by atoms with Gasteiger partial charge in [0, 0.05) is 19.5 Å². The minimum atomic E-state index is -1.41. The number of rotatable bonds is 11. The van der Waals surface area contributed by atoms with E-state index in [0.717, 1.165) is 5.56 Å². The maximum atomic E-state index is 13.5. The van der Waals surface area contributed by atoms with Crippen LogP contribution < -0.4 is 16.0 Å². The highest BCUT2D eigenvalue weighted by Crippen LogP contribution is 2.20. The van der Waals surface area contributed by atoms with Gasteiger partial charge in [-0.2, -0.15) is 0 Å². The highest BCUT2D eigenvalue weighted by molar-refractivity contribution is 5.96. The molecule has 0 saturated carbocycles. The fourth-order valence-electron chi connectivity index (χ4n) is 4.48. The molecule has 0 spiro atoms. The van der Waals surface area contributed by atoms with E-state index in [9.17, 15) is 24.0 Å². The Bertz CT molecular complexity index is 1080. The first kappa shape index (κ1) is 33.5. The number of carbonyl (C=O) groups is 5. The van der Waals surface area contributed by atoms with Crippen LogP contribution in [0, 0.1) is 0 Å². The monoisotopic (exact) mass is 575 g/mol. The fourth-order valence-corrected chi connectivity index (χ4v) is 4.48. The van der Waals surface area contributed by atoms with E-state index in [1.54, 1.807) is 39.8 Å². The molecule has 1 fully saturated rings. The number of nitrogens with zero attached hydrogens (tertiary/aromatic N) is 2. The molecule has 3 atom stereocenters. The van der Waals surface area contributed by atoms with Crippen molar-refractivity contribution >= 4 is 29.8 Å². The zero-order valence-corrected chi connectivity index (χ0v) is 25.4. The van der Waals surface area contributed by atoms with Crippen LogP contribution >= 0.6 is 0 Å². The van der Waals surface area contributed by atoms with Crippen molar-refractivity contribution in [3.05, 3.63) is 35.9 Å². The van der Waals surface area contributed by atoms with E-state index in [1.165, 1.54) is 25.9 Å². The van der Waals surface area contributed by atoms with Crippen molar-refractivity contribution in [3.63, 3.8) is 0 Å². The van der Waals surface area contributed by atoms with Crippen LogP contribution in [0.4, 0.5) is 4.79 Å². The molecule has 0 unspecified atom stereocenters. The Kier molecular flexibility index (Phi) is 11.7. The van der Waals surface area contributed by atoms with Crippen molar-refractivity contribution in [2.45, 2.75) is 83.1 Å². The van der Waals surface area contributed by atoms with Gasteiger partial charge in [0.25, 0.3) is 0 Å². The average molecular weight is 576 g/mol. The molecular weight excluding hydrogens is 530 g/mol. The second-order valence-corrected chi connectivity index (χ2v) is 12.0. The molecule has 0 radical (unpaired) electrons. The molecule has 0 aliphatic carbocycles. The molecule has 3 N–H and O–H groups in total. The molecular formula is C29H45N5O7. The molecule has 1 aromatic rings. The van der Waals surface area contributed by atoms with E-state index >= 15 is 0 Å². The Hall–Kier alpha value is -3.67. The Morgan fingerprint density at radius 3 is 2.20 bits per heavy atom. The lowest BCUT2D eigenvalue weighted by Crippen LogP contribution is -2.62. The number of alkyl carbamates (subject to hydrolysis) is 1. The Morgan fingerprint density at radius 2 is 1.63 bits per heavy atom. The quantitative estimate of drug-likeness (QED) is 0.334. The number of esters is 1. The number of likely N-dealkylation sites (tertiary alicyclic amines) is 1. The summed E-state index contributed by atoms with van der Waals surface area (Å²) in [5, 5.41) is 8.06. The molecule has 12 nitrogen and oxygen atoms in total. The molecule has 1 aliphatic rings. The number of nitrogens with one attached hydrogen (secondary N) is 3. The predicted molar refractivity (Wildman–Crippen MR) is 153 cm³/mol. The Morgan fingerprint density at radius 1 is 1.00 bits per heavy atom. The first-order chi connectivity index (χ1) is 19.0. The van der Waals surface area contributed by atoms with E-state index in [2.05, 4.69) is 16.0 Å². The maximum Gasteiger partial charge on any atom is 0.408 e. The van der Waals surface area contributed by atoms with Crippen molar-refractivity contribution < 1.29 is 33.4 Å². The molecule has 0 bridgehead atoms. The number of methoxy groups -OCH3 is 1. The fraction of sp³-hybridized carbons (Fsp3) is 0.621. The third kappa shape index (κ3) is 10.3. The number of likely N-dealkylation sites (N-methyl/N-ethyl adjacent to an activating group) is 1. The van der Waals surface area contributed by atoms with E-state index in [4.69, 9.17) is 9.47 Å². The topological polar surface area (TPSA) is 146 Å². The number of benzene rings is 1. The molecule has 1 aromatic carbocycles. The zero-order valence-electron chi connectivity index (χ0n) is 25.4. The first-order valence-electron chi connectivity index (χ1n) is 13.7. The van der Waals surface area contributed by atoms with E-state index in [0.29, 0.717) is 19.4 Å². The van der Waals surface area contributed by atoms with Crippen molar-refractivity contribution in [2.24, 2.45) is 0 Å². The van der Waals surface area contributed by atoms with Gasteiger partial charge in [-0.25, -0.2) is 9.59 Å². The Labute approximate surface area is 242 Å². The van der Waals surface area contributed by atoms with Gasteiger partial charge in [0.2, 0.25) is 17.7 Å². The van der Waals surface area contributed by atoms with Gasteiger partial charge in [-0.15, -0.1) is 0 Å². The molecule has 12 heteroatoms. The van der Waals surface area contributed by atoms with E-state index < -0.39 is 59.0 Å². The van der Waals surface area contributed by atoms with Crippen LogP contribution in [0.5, 0.6) is 0 Å². The number of hydrogen-bond acceptors (Lipinski definition) is 8. The largest absolute Gasteiger partial charge is 0.467 e. The van der Waals surface area contributed by atoms with E-state index in [-0.39, 0.29) is 13.0 Å². The lowest BCUT2D eigenvalue weighted by atomic mass is 10.0. The lowest BCUT2D eigenvalue weighted by molar-refractivity contribution is -0.146. The smallest absolute Gasteiger partial charge is 0.408 e. The normalized spacial score (nSPS) is 16.9. The maximum absolute atomic E-state index is 13.5. The van der Waals surface area contributed by atoms with E-state index in [1.807, 2.05) is 30.3 Å². The van der Waals surface area contributed by atoms with Gasteiger partial charge in [-0.1, -0.05) is 30.3 Å². The van der Waals surface area contributed by atoms with Crippen molar-refractivity contribution in [2.75, 3.05) is 34.3 Å². The molecule has 1 heterocycles. The standard InChI is InChI=1S/C29H45N5O7/c1-28(2,3)41-27(39)31-21(18-33(6)7)24(36)34-16-12-15-22(34)23(35)32-29(4,5)26(38)30-20(25(37)40-8)17-19-13-10-9-11-14-19/h9-11,13-14,20-22H,12,15-18H2,1-8H3,(H,30,38)(H,31,39)(H,32,35)/t20-,21-,22+/m0/s1. The van der Waals surface area contributed by atoms with Crippen molar-refractivity contribution in [1.82, 2.24) is 25.8 Å². The first-order valence-corrected chi connectivity index (χ1v) is 13.7. The van der Waals surface area contributed by atoms with Gasteiger partial charge in [0.15, 0.2) is 0 Å². The van der Waals surface area contributed by atoms with Crippen LogP contribution in [-0.4, -0.2) is 103 Å². The summed E-state index contributed by atoms with van der Waals surface area (Å²) in [7, 11) is 4.78. The number of carbonyl (C=O) groups excluding carboxylic acids is 5. The second kappa shape index (κ2) is 14.3. The summed E-state index contributed by atoms with van der Waals surface area (Å²) in [4.78, 5) is 68.2. The number of hydrogen-bond donors (Lipinski definition) is 3. The second-order valence-electron chi connectivity index (χ2n) is 12.0. The molecule has 1 aliphatic heterocycles. The lowest BCUT2D eigenvalue weighted by Gasteiger charge is -2.33. The molecule has 2 rings (SSSR count). The van der Waals surface area contributed by atoms with Gasteiger partial charge in [0.05, 0.1) is 7.11 Å². The summed E-state index contributed by atoms with van der Waals surface area (Å²) >= 11 is 0. The third-order valence-electron chi connectivity index (χ3n) is 6.45. The molecule has 1 saturated heterocycles. The summed E-state index contributed by atoms with van der Waals surface area (Å²) in [6.07, 6.45) is 0.465. The van der Waals surface area contributed by atoms with Crippen LogP contribution in [0.1, 0.15) is 53.0 Å². The highest BCUT2D eigenvalue weighted by atomic mass is 16.6. The Balaban J connectivity index is 2.12. The van der Waals surface area contributed by atoms with Crippen molar-refractivity contribution in [3.8, 4) is 0 Å². The zero-order chi connectivity index (χ0) is 31.0. The summed E-state index contributed by atoms with van der Waals surface area (Å²) in [6, 6.07) is 6.45. The molecule has 4 amide bonds. The number of ether oxygens (including phenoxy) is 2. The minimum Gasteiger partial charge on any atom is -0.467 e. The van der Waals surface area contributed by atoms with Crippen molar-refractivity contribution in [1.29, 1.82) is 0 Å². The predicted octanol–water partition coefficient (Wildman–Crippen LogP) is 1.23. The minimum absolute atomic E-state index is 0.202. The van der Waals surface area contributed by atoms with Gasteiger partial charge in [-0.3, -0.25) is 14.4 Å². The number of amides is 4. The summed E-state index contributed by atoms with van der Waals surface area (Å²) in [6.45, 7) is 8.75. The highest BCUT2D eigenvalue weighted by Gasteiger charge is 2.41. The van der Waals surface area contributed by atoms with Crippen LogP contribution in [-0.2, 0) is 35.1 Å². The molecule has 228 valence electrons. The van der Waals surface area contributed by atoms with Crippen LogP contribution in [0.3, 0.4) is 0 Å². The van der Waals surface area contributed by atoms with Crippen LogP contribution in [0.25, 0.3) is 0 Å². The van der Waals surface area contributed by atoms with Crippen LogP contribution in [0.2, 0.25) is 0 Å². The summed E-state index contributed by atoms with van der Waals surface area (Å²) in [5.74, 6) is -2.11. The van der Waals surface area contributed by atoms with Gasteiger partial charge >= 0.3 is 12.1 Å². The SMILES string of the molecule is COC(=O)[C@H](Cc1ccccc1)NC(=O)C(C)(C)NC(=O)[C@H]1CCCN1C(=O)[C@H](CN(C)C)NC(=O)OC(C)(C)C. The van der Waals surface area contributed by atoms with Gasteiger partial charge in [0.1, 0.15) is 29.3 Å². The summed E-state index contributed by atoms with van der Waals surface area (Å²) in [5.41, 5.74) is -1.32. The van der Waals surface area contributed by atoms with Crippen LogP contribution in [0.15, 0.2) is 30.3 Å². The molecule has 0 aromatic heterocycles. The molecule has 41 heavy (non-hydrogen) atoms. The third-order valence-corrected chi connectivity index (χ3v) is 6.45. The average Bonchev–Trinajstić information content (AvgIpc) is 3.36. The summed E-state index contributed by atoms with van der Waals surface area (Å²) < 4.78 is 10.2. The van der Waals surface area contributed by atoms with Gasteiger partial charge in [-0.05, 0) is 67.1 Å².